The monoisotopic (exact) mass is 335 g/mol. The summed E-state index contributed by atoms with van der Waals surface area (Å²) < 4.78 is 3.86. The maximum absolute atomic E-state index is 13.4. The molecule has 1 saturated carbocycles. The molecular formula is C21H25N3O. The van der Waals surface area contributed by atoms with E-state index in [4.69, 9.17) is 0 Å². The summed E-state index contributed by atoms with van der Waals surface area (Å²) in [6, 6.07) is 12.4. The predicted octanol–water partition coefficient (Wildman–Crippen LogP) is 4.82. The van der Waals surface area contributed by atoms with Gasteiger partial charge in [-0.15, -0.1) is 0 Å². The number of rotatable bonds is 3. The third-order valence-electron chi connectivity index (χ3n) is 5.37. The van der Waals surface area contributed by atoms with E-state index in [1.54, 1.807) is 6.20 Å². The highest BCUT2D eigenvalue weighted by Gasteiger charge is 2.25. The zero-order chi connectivity index (χ0) is 17.4. The van der Waals surface area contributed by atoms with E-state index in [0.29, 0.717) is 17.8 Å². The predicted molar refractivity (Wildman–Crippen MR) is 102 cm³/mol. The average molecular weight is 335 g/mol. The van der Waals surface area contributed by atoms with E-state index in [0.717, 1.165) is 23.9 Å². The molecule has 0 spiro atoms. The normalized spacial score (nSPS) is 16.0. The maximum Gasteiger partial charge on any atom is 0.335 e. The molecule has 3 aromatic rings. The number of nitrogens with zero attached hydrogens (tertiary/aromatic N) is 3. The Morgan fingerprint density at radius 3 is 2.52 bits per heavy atom. The summed E-state index contributed by atoms with van der Waals surface area (Å²) in [4.78, 5) is 17.9. The molecule has 1 aliphatic carbocycles. The van der Waals surface area contributed by atoms with Crippen molar-refractivity contribution in [2.45, 2.75) is 57.9 Å². The first-order chi connectivity index (χ1) is 12.2. The minimum Gasteiger partial charge on any atom is -0.289 e. The van der Waals surface area contributed by atoms with Crippen LogP contribution in [0.3, 0.4) is 0 Å². The molecule has 0 aliphatic heterocycles. The summed E-state index contributed by atoms with van der Waals surface area (Å²) in [6.45, 7) is 4.36. The number of fused-ring (bicyclic) bond motifs is 1. The van der Waals surface area contributed by atoms with Gasteiger partial charge in [-0.05, 0) is 42.5 Å². The van der Waals surface area contributed by atoms with Crippen molar-refractivity contribution in [3.63, 3.8) is 0 Å². The zero-order valence-corrected chi connectivity index (χ0v) is 15.0. The molecule has 1 fully saturated rings. The first-order valence-electron chi connectivity index (χ1n) is 9.35. The van der Waals surface area contributed by atoms with Crippen LogP contribution in [-0.4, -0.2) is 14.1 Å². The lowest BCUT2D eigenvalue weighted by atomic mass is 9.95. The van der Waals surface area contributed by atoms with Gasteiger partial charge in [0, 0.05) is 12.2 Å². The van der Waals surface area contributed by atoms with Crippen molar-refractivity contribution in [3.8, 4) is 5.82 Å². The number of pyridine rings is 1. The van der Waals surface area contributed by atoms with Gasteiger partial charge in [0.2, 0.25) is 0 Å². The first-order valence-corrected chi connectivity index (χ1v) is 9.35. The Bertz CT molecular complexity index is 931. The van der Waals surface area contributed by atoms with E-state index in [-0.39, 0.29) is 5.69 Å². The minimum absolute atomic E-state index is 0.0497. The lowest BCUT2D eigenvalue weighted by Gasteiger charge is -2.23. The van der Waals surface area contributed by atoms with Gasteiger partial charge in [0.05, 0.1) is 11.0 Å². The summed E-state index contributed by atoms with van der Waals surface area (Å²) in [5.41, 5.74) is 3.32. The molecule has 0 N–H and O–H groups in total. The molecule has 1 aliphatic rings. The highest BCUT2D eigenvalue weighted by Crippen LogP contribution is 2.33. The van der Waals surface area contributed by atoms with Gasteiger partial charge >= 0.3 is 5.69 Å². The number of hydrogen-bond acceptors (Lipinski definition) is 2. The molecule has 2 heterocycles. The lowest BCUT2D eigenvalue weighted by molar-refractivity contribution is 0.352. The third kappa shape index (κ3) is 2.70. The van der Waals surface area contributed by atoms with E-state index < -0.39 is 0 Å². The number of para-hydroxylation sites is 1. The minimum atomic E-state index is 0.0497. The van der Waals surface area contributed by atoms with Crippen LogP contribution in [0, 0.1) is 0 Å². The van der Waals surface area contributed by atoms with Crippen molar-refractivity contribution < 1.29 is 0 Å². The number of hydrogen-bond donors (Lipinski definition) is 0. The van der Waals surface area contributed by atoms with E-state index in [2.05, 4.69) is 37.0 Å². The summed E-state index contributed by atoms with van der Waals surface area (Å²) >= 11 is 0. The van der Waals surface area contributed by atoms with Crippen molar-refractivity contribution in [3.05, 3.63) is 58.6 Å². The molecule has 0 bridgehead atoms. The second-order valence-electron chi connectivity index (χ2n) is 7.34. The Morgan fingerprint density at radius 2 is 1.84 bits per heavy atom. The summed E-state index contributed by atoms with van der Waals surface area (Å²) in [5.74, 6) is 1.06. The molecule has 0 radical (unpaired) electrons. The van der Waals surface area contributed by atoms with Crippen LogP contribution in [0.25, 0.3) is 16.9 Å². The molecule has 0 atom stereocenters. The zero-order valence-electron chi connectivity index (χ0n) is 15.0. The topological polar surface area (TPSA) is 39.8 Å². The largest absolute Gasteiger partial charge is 0.335 e. The van der Waals surface area contributed by atoms with Crippen molar-refractivity contribution in [2.24, 2.45) is 0 Å². The van der Waals surface area contributed by atoms with Crippen molar-refractivity contribution >= 4 is 11.0 Å². The quantitative estimate of drug-likeness (QED) is 0.688. The molecule has 4 rings (SSSR count). The SMILES string of the molecule is CC(C)c1cccc2c1n(-c1ccccn1)c(=O)n2C1CCCCC1. The highest BCUT2D eigenvalue weighted by molar-refractivity contribution is 5.82. The Hall–Kier alpha value is -2.36. The van der Waals surface area contributed by atoms with E-state index in [1.807, 2.05) is 27.3 Å². The number of imidazole rings is 1. The van der Waals surface area contributed by atoms with Crippen LogP contribution in [0.1, 0.15) is 63.5 Å². The van der Waals surface area contributed by atoms with Gasteiger partial charge in [-0.25, -0.2) is 14.3 Å². The molecule has 0 unspecified atom stereocenters. The number of aromatic nitrogens is 3. The fourth-order valence-corrected chi connectivity index (χ4v) is 4.15. The highest BCUT2D eigenvalue weighted by atomic mass is 16.1. The molecule has 0 saturated heterocycles. The summed E-state index contributed by atoms with van der Waals surface area (Å²) in [5, 5.41) is 0. The van der Waals surface area contributed by atoms with Crippen LogP contribution in [0.5, 0.6) is 0 Å². The standard InChI is InChI=1S/C21H25N3O/c1-15(2)17-11-8-12-18-20(17)24(19-13-6-7-14-22-19)21(25)23(18)16-9-4-3-5-10-16/h6-8,11-16H,3-5,9-10H2,1-2H3. The van der Waals surface area contributed by atoms with Crippen molar-refractivity contribution in [1.29, 1.82) is 0 Å². The van der Waals surface area contributed by atoms with Crippen LogP contribution in [0.4, 0.5) is 0 Å². The van der Waals surface area contributed by atoms with Gasteiger partial charge in [0.25, 0.3) is 0 Å². The van der Waals surface area contributed by atoms with E-state index >= 15 is 0 Å². The van der Waals surface area contributed by atoms with Gasteiger partial charge in [0.1, 0.15) is 5.82 Å². The Morgan fingerprint density at radius 1 is 1.04 bits per heavy atom. The van der Waals surface area contributed by atoms with Crippen molar-refractivity contribution in [1.82, 2.24) is 14.1 Å². The van der Waals surface area contributed by atoms with Gasteiger partial charge < -0.3 is 0 Å². The molecular weight excluding hydrogens is 310 g/mol. The van der Waals surface area contributed by atoms with Crippen LogP contribution >= 0.6 is 0 Å². The Kier molecular flexibility index (Phi) is 4.20. The maximum atomic E-state index is 13.4. The molecule has 130 valence electrons. The molecule has 1 aromatic carbocycles. The Labute approximate surface area is 148 Å². The van der Waals surface area contributed by atoms with Gasteiger partial charge in [-0.3, -0.25) is 4.57 Å². The molecule has 4 heteroatoms. The summed E-state index contributed by atoms with van der Waals surface area (Å²) in [6.07, 6.45) is 7.62. The van der Waals surface area contributed by atoms with Gasteiger partial charge in [0.15, 0.2) is 0 Å². The fraction of sp³-hybridized carbons (Fsp3) is 0.429. The van der Waals surface area contributed by atoms with Crippen LogP contribution in [0.15, 0.2) is 47.4 Å². The summed E-state index contributed by atoms with van der Waals surface area (Å²) in [7, 11) is 0. The smallest absolute Gasteiger partial charge is 0.289 e. The molecule has 0 amide bonds. The second-order valence-corrected chi connectivity index (χ2v) is 7.34. The fourth-order valence-electron chi connectivity index (χ4n) is 4.15. The van der Waals surface area contributed by atoms with E-state index in [9.17, 15) is 4.79 Å². The number of benzene rings is 1. The molecule has 25 heavy (non-hydrogen) atoms. The third-order valence-corrected chi connectivity index (χ3v) is 5.37. The first kappa shape index (κ1) is 16.1. The lowest BCUT2D eigenvalue weighted by Crippen LogP contribution is -2.28. The van der Waals surface area contributed by atoms with E-state index in [1.165, 1.54) is 24.8 Å². The molecule has 2 aromatic heterocycles. The van der Waals surface area contributed by atoms with Gasteiger partial charge in [-0.1, -0.05) is 51.3 Å². The molecule has 4 nitrogen and oxygen atoms in total. The van der Waals surface area contributed by atoms with Crippen LogP contribution < -0.4 is 5.69 Å². The van der Waals surface area contributed by atoms with Crippen molar-refractivity contribution in [2.75, 3.05) is 0 Å². The van der Waals surface area contributed by atoms with Gasteiger partial charge in [-0.2, -0.15) is 0 Å². The Balaban J connectivity index is 2.06. The average Bonchev–Trinajstić information content (AvgIpc) is 2.94. The second kappa shape index (κ2) is 6.51. The van der Waals surface area contributed by atoms with Crippen LogP contribution in [0.2, 0.25) is 0 Å². The van der Waals surface area contributed by atoms with Crippen LogP contribution in [-0.2, 0) is 0 Å².